The second kappa shape index (κ2) is 9.13. The first-order valence-electron chi connectivity index (χ1n) is 9.30. The van der Waals surface area contributed by atoms with Gasteiger partial charge in [0.05, 0.1) is 6.54 Å². The van der Waals surface area contributed by atoms with E-state index in [1.165, 1.54) is 24.9 Å². The van der Waals surface area contributed by atoms with Gasteiger partial charge < -0.3 is 20.3 Å². The maximum absolute atomic E-state index is 12.0. The number of hydrogen-bond acceptors (Lipinski definition) is 3. The van der Waals surface area contributed by atoms with Gasteiger partial charge in [0.1, 0.15) is 12.4 Å². The van der Waals surface area contributed by atoms with Crippen LogP contribution in [0.25, 0.3) is 0 Å². The van der Waals surface area contributed by atoms with Crippen LogP contribution in [-0.2, 0) is 0 Å². The summed E-state index contributed by atoms with van der Waals surface area (Å²) in [6.45, 7) is 5.15. The number of carbonyl (C=O) groups excluding carboxylic acids is 1. The molecule has 26 heavy (non-hydrogen) atoms. The molecule has 3 rings (SSSR count). The van der Waals surface area contributed by atoms with E-state index >= 15 is 0 Å². The molecule has 1 aliphatic heterocycles. The molecule has 2 aromatic carbocycles. The van der Waals surface area contributed by atoms with Crippen molar-refractivity contribution in [1.82, 2.24) is 5.32 Å². The second-order valence-corrected chi connectivity index (χ2v) is 6.64. The minimum atomic E-state index is -0.219. The van der Waals surface area contributed by atoms with Crippen molar-refractivity contribution in [2.75, 3.05) is 36.5 Å². The van der Waals surface area contributed by atoms with Gasteiger partial charge in [-0.3, -0.25) is 0 Å². The molecule has 1 fully saturated rings. The molecule has 0 aliphatic carbocycles. The Hall–Kier alpha value is -2.69. The van der Waals surface area contributed by atoms with Crippen molar-refractivity contribution in [2.45, 2.75) is 26.2 Å². The smallest absolute Gasteiger partial charge is 0.319 e. The number of urea groups is 1. The third-order valence-electron chi connectivity index (χ3n) is 4.49. The highest BCUT2D eigenvalue weighted by Crippen LogP contribution is 2.21. The molecular weight excluding hydrogens is 326 g/mol. The summed E-state index contributed by atoms with van der Waals surface area (Å²) in [5.41, 5.74) is 3.17. The molecule has 138 valence electrons. The van der Waals surface area contributed by atoms with E-state index in [1.54, 1.807) is 0 Å². The van der Waals surface area contributed by atoms with Crippen LogP contribution < -0.4 is 20.3 Å². The third-order valence-corrected chi connectivity index (χ3v) is 4.49. The standard InChI is InChI=1S/C21H27N3O2/c1-17-6-5-7-20(16-17)26-15-12-22-21(25)23-18-8-10-19(11-9-18)24-13-3-2-4-14-24/h5-11,16H,2-4,12-15H2,1H3,(H2,22,23,25). The van der Waals surface area contributed by atoms with Gasteiger partial charge in [-0.2, -0.15) is 0 Å². The highest BCUT2D eigenvalue weighted by molar-refractivity contribution is 5.89. The van der Waals surface area contributed by atoms with Gasteiger partial charge in [-0.25, -0.2) is 4.79 Å². The normalized spacial score (nSPS) is 14.0. The maximum atomic E-state index is 12.0. The van der Waals surface area contributed by atoms with Crippen molar-refractivity contribution in [1.29, 1.82) is 0 Å². The Morgan fingerprint density at radius 3 is 2.58 bits per heavy atom. The number of anilines is 2. The molecule has 0 atom stereocenters. The lowest BCUT2D eigenvalue weighted by Gasteiger charge is -2.28. The van der Waals surface area contributed by atoms with Crippen LogP contribution in [-0.4, -0.2) is 32.3 Å². The molecule has 1 saturated heterocycles. The van der Waals surface area contributed by atoms with Crippen molar-refractivity contribution in [2.24, 2.45) is 0 Å². The highest BCUT2D eigenvalue weighted by Gasteiger charge is 2.10. The van der Waals surface area contributed by atoms with Crippen molar-refractivity contribution in [3.63, 3.8) is 0 Å². The van der Waals surface area contributed by atoms with Crippen molar-refractivity contribution in [3.05, 3.63) is 54.1 Å². The Bertz CT molecular complexity index is 709. The summed E-state index contributed by atoms with van der Waals surface area (Å²) in [6.07, 6.45) is 3.84. The van der Waals surface area contributed by atoms with E-state index in [1.807, 2.05) is 43.3 Å². The number of carbonyl (C=O) groups is 1. The van der Waals surface area contributed by atoms with Gasteiger partial charge in [0, 0.05) is 24.5 Å². The zero-order chi connectivity index (χ0) is 18.2. The predicted octanol–water partition coefficient (Wildman–Crippen LogP) is 4.19. The number of rotatable bonds is 6. The molecule has 0 radical (unpaired) electrons. The molecule has 0 saturated carbocycles. The van der Waals surface area contributed by atoms with E-state index in [0.717, 1.165) is 30.1 Å². The second-order valence-electron chi connectivity index (χ2n) is 6.64. The Morgan fingerprint density at radius 2 is 1.85 bits per heavy atom. The van der Waals surface area contributed by atoms with Crippen LogP contribution in [0.4, 0.5) is 16.2 Å². The monoisotopic (exact) mass is 353 g/mol. The van der Waals surface area contributed by atoms with Gasteiger partial charge >= 0.3 is 6.03 Å². The fourth-order valence-electron chi connectivity index (χ4n) is 3.12. The van der Waals surface area contributed by atoms with Gasteiger partial charge in [-0.15, -0.1) is 0 Å². The van der Waals surface area contributed by atoms with Gasteiger partial charge in [-0.05, 0) is 68.1 Å². The van der Waals surface area contributed by atoms with Crippen LogP contribution in [0.5, 0.6) is 5.75 Å². The van der Waals surface area contributed by atoms with Crippen molar-refractivity contribution < 1.29 is 9.53 Å². The Morgan fingerprint density at radius 1 is 1.08 bits per heavy atom. The lowest BCUT2D eigenvalue weighted by molar-refractivity contribution is 0.247. The average molecular weight is 353 g/mol. The third kappa shape index (κ3) is 5.41. The van der Waals surface area contributed by atoms with E-state index in [0.29, 0.717) is 13.2 Å². The van der Waals surface area contributed by atoms with Gasteiger partial charge in [0.25, 0.3) is 0 Å². The summed E-state index contributed by atoms with van der Waals surface area (Å²) in [5.74, 6) is 0.820. The van der Waals surface area contributed by atoms with Gasteiger partial charge in [-0.1, -0.05) is 12.1 Å². The van der Waals surface area contributed by atoms with Crippen molar-refractivity contribution >= 4 is 17.4 Å². The van der Waals surface area contributed by atoms with Crippen LogP contribution in [0.3, 0.4) is 0 Å². The van der Waals surface area contributed by atoms with Crippen LogP contribution in [0, 0.1) is 6.92 Å². The lowest BCUT2D eigenvalue weighted by Crippen LogP contribution is -2.32. The Balaban J connectivity index is 1.39. The summed E-state index contributed by atoms with van der Waals surface area (Å²) in [4.78, 5) is 14.4. The summed E-state index contributed by atoms with van der Waals surface area (Å²) < 4.78 is 5.62. The molecule has 5 nitrogen and oxygen atoms in total. The minimum Gasteiger partial charge on any atom is -0.492 e. The van der Waals surface area contributed by atoms with Gasteiger partial charge in [0.2, 0.25) is 0 Å². The largest absolute Gasteiger partial charge is 0.492 e. The molecule has 0 aromatic heterocycles. The number of benzene rings is 2. The molecule has 2 N–H and O–H groups in total. The van der Waals surface area contributed by atoms with Gasteiger partial charge in [0.15, 0.2) is 0 Å². The quantitative estimate of drug-likeness (QED) is 0.766. The molecule has 2 aromatic rings. The van der Waals surface area contributed by atoms with Crippen LogP contribution in [0.1, 0.15) is 24.8 Å². The first kappa shape index (κ1) is 18.1. The number of aryl methyl sites for hydroxylation is 1. The van der Waals surface area contributed by atoms with Crippen LogP contribution in [0.15, 0.2) is 48.5 Å². The predicted molar refractivity (Wildman–Crippen MR) is 106 cm³/mol. The van der Waals surface area contributed by atoms with Crippen molar-refractivity contribution in [3.8, 4) is 5.75 Å². The minimum absolute atomic E-state index is 0.219. The summed E-state index contributed by atoms with van der Waals surface area (Å²) >= 11 is 0. The molecule has 2 amide bonds. The first-order valence-corrected chi connectivity index (χ1v) is 9.30. The summed E-state index contributed by atoms with van der Waals surface area (Å²) in [5, 5.41) is 5.66. The number of hydrogen-bond donors (Lipinski definition) is 2. The van der Waals surface area contributed by atoms with E-state index in [2.05, 4.69) is 27.7 Å². The highest BCUT2D eigenvalue weighted by atomic mass is 16.5. The molecular formula is C21H27N3O2. The fourth-order valence-corrected chi connectivity index (χ4v) is 3.12. The number of ether oxygens (including phenoxy) is 1. The first-order chi connectivity index (χ1) is 12.7. The van der Waals surface area contributed by atoms with Crippen LogP contribution >= 0.6 is 0 Å². The molecule has 5 heteroatoms. The van der Waals surface area contributed by atoms with E-state index in [9.17, 15) is 4.79 Å². The molecule has 0 bridgehead atoms. The Labute approximate surface area is 155 Å². The summed E-state index contributed by atoms with van der Waals surface area (Å²) in [7, 11) is 0. The maximum Gasteiger partial charge on any atom is 0.319 e. The lowest BCUT2D eigenvalue weighted by atomic mass is 10.1. The molecule has 1 aliphatic rings. The Kier molecular flexibility index (Phi) is 6.36. The number of amides is 2. The zero-order valence-electron chi connectivity index (χ0n) is 15.3. The fraction of sp³-hybridized carbons (Fsp3) is 0.381. The molecule has 1 heterocycles. The zero-order valence-corrected chi connectivity index (χ0v) is 15.3. The number of piperidine rings is 1. The molecule has 0 unspecified atom stereocenters. The van der Waals surface area contributed by atoms with E-state index in [4.69, 9.17) is 4.74 Å². The van der Waals surface area contributed by atoms with Crippen LogP contribution in [0.2, 0.25) is 0 Å². The number of nitrogens with zero attached hydrogens (tertiary/aromatic N) is 1. The topological polar surface area (TPSA) is 53.6 Å². The summed E-state index contributed by atoms with van der Waals surface area (Å²) in [6, 6.07) is 15.7. The number of nitrogens with one attached hydrogen (secondary N) is 2. The average Bonchev–Trinajstić information content (AvgIpc) is 2.67. The molecule has 0 spiro atoms. The SMILES string of the molecule is Cc1cccc(OCCNC(=O)Nc2ccc(N3CCCCC3)cc2)c1. The van der Waals surface area contributed by atoms with E-state index < -0.39 is 0 Å². The van der Waals surface area contributed by atoms with E-state index in [-0.39, 0.29) is 6.03 Å².